The molecule has 8 heteroatoms. The van der Waals surface area contributed by atoms with Gasteiger partial charge >= 0.3 is 149 Å². The first-order valence-electron chi connectivity index (χ1n) is 10.9. The Balaban J connectivity index is 1.77. The van der Waals surface area contributed by atoms with Gasteiger partial charge in [0, 0.05) is 13.1 Å². The number of aryl methyl sites for hydroxylation is 1. The molecule has 0 bridgehead atoms. The Kier molecular flexibility index (Phi) is 8.85. The number of ether oxygens (including phenoxy) is 3. The predicted octanol–water partition coefficient (Wildman–Crippen LogP) is 2.03. The zero-order valence-electron chi connectivity index (χ0n) is 18.5. The van der Waals surface area contributed by atoms with E-state index >= 15 is 0 Å². The molecule has 165 valence electrons. The first-order valence-corrected chi connectivity index (χ1v) is 10.9. The van der Waals surface area contributed by atoms with Crippen molar-refractivity contribution >= 4 is 19.4 Å². The fourth-order valence-corrected chi connectivity index (χ4v) is 3.66. The summed E-state index contributed by atoms with van der Waals surface area (Å²) < 4.78 is 18.6. The second-order valence-corrected chi connectivity index (χ2v) is 7.47. The van der Waals surface area contributed by atoms with Crippen LogP contribution in [0.1, 0.15) is 40.7 Å². The maximum atomic E-state index is 12.5. The Morgan fingerprint density at radius 3 is 2.77 bits per heavy atom. The van der Waals surface area contributed by atoms with Gasteiger partial charge in [-0.05, 0) is 0 Å². The van der Waals surface area contributed by atoms with E-state index in [9.17, 15) is 4.79 Å². The molecule has 31 heavy (non-hydrogen) atoms. The Morgan fingerprint density at radius 2 is 2.03 bits per heavy atom. The molecule has 1 aromatic carbocycles. The topological polar surface area (TPSA) is 65.8 Å². The molecule has 0 amide bonds. The van der Waals surface area contributed by atoms with E-state index in [4.69, 9.17) is 21.7 Å². The van der Waals surface area contributed by atoms with Gasteiger partial charge < -0.3 is 4.74 Å². The number of carbonyl (C=O) groups excluding carboxylic acids is 1. The standard InChI is InChI=1S/C23H31BN3O4/c1-3-30-23(28)22-20(18(2)27(25-22)10-6-9-24)17-19-7-4-5-8-21(19)31-16-13-26-11-14-29-15-12-26/h4-5,7-9H,3,6,10-17H2,1-2H3. The number of morpholine rings is 1. The van der Waals surface area contributed by atoms with Crippen LogP contribution in [0, 0.1) is 6.92 Å². The third-order valence-corrected chi connectivity index (χ3v) is 5.42. The van der Waals surface area contributed by atoms with E-state index in [0.717, 1.165) is 55.4 Å². The number of hydrogen-bond acceptors (Lipinski definition) is 6. The van der Waals surface area contributed by atoms with E-state index in [0.29, 0.717) is 38.3 Å². The fraction of sp³-hybridized carbons (Fsp3) is 0.522. The molecule has 0 saturated carbocycles. The van der Waals surface area contributed by atoms with Crippen LogP contribution in [-0.4, -0.2) is 80.2 Å². The van der Waals surface area contributed by atoms with Crippen LogP contribution in [0.15, 0.2) is 24.3 Å². The summed E-state index contributed by atoms with van der Waals surface area (Å²) in [6.07, 6.45) is 1.21. The molecule has 1 aliphatic rings. The Bertz CT molecular complexity index is 878. The summed E-state index contributed by atoms with van der Waals surface area (Å²) in [6, 6.07) is 7.95. The molecule has 3 rings (SSSR count). The second kappa shape index (κ2) is 11.8. The van der Waals surface area contributed by atoms with Gasteiger partial charge in [-0.2, -0.15) is 0 Å². The van der Waals surface area contributed by atoms with Crippen molar-refractivity contribution in [3.63, 3.8) is 0 Å². The third-order valence-electron chi connectivity index (χ3n) is 5.42. The number of nitrogens with zero attached hydrogens (tertiary/aromatic N) is 3. The Hall–Kier alpha value is -2.45. The van der Waals surface area contributed by atoms with E-state index in [-0.39, 0.29) is 0 Å². The van der Waals surface area contributed by atoms with Gasteiger partial charge in [-0.1, -0.05) is 0 Å². The van der Waals surface area contributed by atoms with E-state index in [1.54, 1.807) is 12.9 Å². The number of benzene rings is 1. The van der Waals surface area contributed by atoms with Crippen LogP contribution in [0.25, 0.3) is 0 Å². The van der Waals surface area contributed by atoms with Crippen molar-refractivity contribution in [2.75, 3.05) is 46.1 Å². The van der Waals surface area contributed by atoms with Crippen molar-refractivity contribution < 1.29 is 19.0 Å². The van der Waals surface area contributed by atoms with E-state index < -0.39 is 5.97 Å². The van der Waals surface area contributed by atoms with Crippen LogP contribution < -0.4 is 4.74 Å². The van der Waals surface area contributed by atoms with Gasteiger partial charge in [0.15, 0.2) is 0 Å². The molecule has 0 atom stereocenters. The van der Waals surface area contributed by atoms with Crippen molar-refractivity contribution in [3.05, 3.63) is 46.8 Å². The van der Waals surface area contributed by atoms with Crippen molar-refractivity contribution in [1.29, 1.82) is 0 Å². The summed E-state index contributed by atoms with van der Waals surface area (Å²) in [5, 5.41) is 4.52. The van der Waals surface area contributed by atoms with Crippen LogP contribution in [-0.2, 0) is 22.4 Å². The molecular weight excluding hydrogens is 393 g/mol. The van der Waals surface area contributed by atoms with Crippen LogP contribution in [0.2, 0.25) is 0 Å². The van der Waals surface area contributed by atoms with Gasteiger partial charge in [0.25, 0.3) is 0 Å². The van der Waals surface area contributed by atoms with Crippen LogP contribution in [0.4, 0.5) is 0 Å². The van der Waals surface area contributed by atoms with Gasteiger partial charge in [0.1, 0.15) is 0 Å². The number of rotatable bonds is 11. The van der Waals surface area contributed by atoms with Crippen LogP contribution >= 0.6 is 0 Å². The molecule has 1 radical (unpaired) electrons. The monoisotopic (exact) mass is 424 g/mol. The number of carbonyl (C=O) groups is 1. The van der Waals surface area contributed by atoms with Gasteiger partial charge in [-0.25, -0.2) is 0 Å². The van der Waals surface area contributed by atoms with Crippen molar-refractivity contribution in [2.45, 2.75) is 33.2 Å². The Labute approximate surface area is 185 Å². The van der Waals surface area contributed by atoms with Crippen molar-refractivity contribution in [1.82, 2.24) is 14.7 Å². The first kappa shape index (κ1) is 23.2. The number of hydrogen-bond donors (Lipinski definition) is 0. The number of aromatic nitrogens is 2. The summed E-state index contributed by atoms with van der Waals surface area (Å²) in [5.74, 6) is 2.03. The molecule has 1 aliphatic heterocycles. The SMILES string of the molecule is [B]=CCCn1nc(C(=O)OCC)c(Cc2ccccc2OCCN2CCOCC2)c1C. The predicted molar refractivity (Wildman–Crippen MR) is 121 cm³/mol. The average Bonchev–Trinajstić information content (AvgIpc) is 3.10. The molecule has 2 heterocycles. The molecule has 7 nitrogen and oxygen atoms in total. The van der Waals surface area contributed by atoms with Gasteiger partial charge in [0.2, 0.25) is 0 Å². The quantitative estimate of drug-likeness (QED) is 0.406. The van der Waals surface area contributed by atoms with Gasteiger partial charge in [-0.15, -0.1) is 0 Å². The summed E-state index contributed by atoms with van der Waals surface area (Å²) in [7, 11) is 5.54. The van der Waals surface area contributed by atoms with Gasteiger partial charge in [0.05, 0.1) is 13.2 Å². The average molecular weight is 424 g/mol. The van der Waals surface area contributed by atoms with Crippen LogP contribution in [0.5, 0.6) is 5.75 Å². The normalized spacial score (nSPS) is 14.4. The molecule has 1 saturated heterocycles. The molecule has 1 fully saturated rings. The zero-order chi connectivity index (χ0) is 22.1. The summed E-state index contributed by atoms with van der Waals surface area (Å²) in [5.41, 5.74) is 3.18. The molecule has 0 unspecified atom stereocenters. The summed E-state index contributed by atoms with van der Waals surface area (Å²) in [4.78, 5) is 14.9. The first-order chi connectivity index (χ1) is 15.1. The maximum absolute atomic E-state index is 12.5. The third kappa shape index (κ3) is 6.27. The molecule has 0 aliphatic carbocycles. The van der Waals surface area contributed by atoms with E-state index in [1.165, 1.54) is 0 Å². The minimum atomic E-state index is -0.401. The van der Waals surface area contributed by atoms with Crippen molar-refractivity contribution in [3.8, 4) is 5.75 Å². The van der Waals surface area contributed by atoms with E-state index in [2.05, 4.69) is 10.00 Å². The zero-order valence-corrected chi connectivity index (χ0v) is 18.5. The van der Waals surface area contributed by atoms with Crippen molar-refractivity contribution in [2.24, 2.45) is 0 Å². The van der Waals surface area contributed by atoms with Gasteiger partial charge in [-0.3, -0.25) is 4.90 Å². The second-order valence-electron chi connectivity index (χ2n) is 7.47. The van der Waals surface area contributed by atoms with Crippen LogP contribution in [0.3, 0.4) is 0 Å². The summed E-state index contributed by atoms with van der Waals surface area (Å²) >= 11 is 0. The molecule has 1 aromatic heterocycles. The molecule has 0 N–H and O–H groups in total. The molecule has 0 spiro atoms. The number of esters is 1. The molecular formula is C23H31BN3O4. The minimum absolute atomic E-state index is 0.308. The summed E-state index contributed by atoms with van der Waals surface area (Å²) in [6.45, 7) is 9.58. The van der Waals surface area contributed by atoms with E-state index in [1.807, 2.05) is 35.9 Å². The Morgan fingerprint density at radius 1 is 1.26 bits per heavy atom. The molecule has 2 aromatic rings. The number of para-hydroxylation sites is 1. The fourth-order valence-electron chi connectivity index (χ4n) is 3.66.